The van der Waals surface area contributed by atoms with Crippen molar-refractivity contribution < 1.29 is 9.59 Å². The highest BCUT2D eigenvalue weighted by Gasteiger charge is 2.36. The molecule has 0 aromatic carbocycles. The summed E-state index contributed by atoms with van der Waals surface area (Å²) in [6.07, 6.45) is 4.67. The number of imide groups is 1. The molecule has 0 aromatic heterocycles. The van der Waals surface area contributed by atoms with Gasteiger partial charge in [0, 0.05) is 26.8 Å². The predicted molar refractivity (Wildman–Crippen MR) is 80.9 cm³/mol. The van der Waals surface area contributed by atoms with E-state index in [0.717, 1.165) is 19.3 Å². The van der Waals surface area contributed by atoms with Crippen molar-refractivity contribution in [2.75, 3.05) is 20.6 Å². The van der Waals surface area contributed by atoms with Crippen LogP contribution in [0.2, 0.25) is 0 Å². The Hall–Kier alpha value is -2.09. The summed E-state index contributed by atoms with van der Waals surface area (Å²) in [5.74, 6) is -0.736. The Labute approximate surface area is 126 Å². The molecule has 0 aromatic rings. The van der Waals surface area contributed by atoms with Gasteiger partial charge in [-0.15, -0.1) is 0 Å². The molecule has 1 heterocycles. The zero-order valence-corrected chi connectivity index (χ0v) is 13.3. The molecule has 0 aliphatic carbocycles. The van der Waals surface area contributed by atoms with Crippen LogP contribution in [0.1, 0.15) is 39.5 Å². The Morgan fingerprint density at radius 1 is 1.19 bits per heavy atom. The van der Waals surface area contributed by atoms with E-state index >= 15 is 0 Å². The van der Waals surface area contributed by atoms with E-state index in [0.29, 0.717) is 24.1 Å². The first-order chi connectivity index (χ1) is 9.97. The van der Waals surface area contributed by atoms with Crippen LogP contribution in [-0.2, 0) is 9.59 Å². The SMILES string of the molecule is CCCCN1C(=O)C(=CN(C)C)C(CCC)=C(C#N)C1=O. The van der Waals surface area contributed by atoms with Crippen LogP contribution >= 0.6 is 0 Å². The highest BCUT2D eigenvalue weighted by atomic mass is 16.2. The molecular formula is C16H23N3O2. The van der Waals surface area contributed by atoms with Gasteiger partial charge in [-0.25, -0.2) is 0 Å². The molecule has 0 fully saturated rings. The number of rotatable bonds is 6. The molecule has 0 atom stereocenters. The summed E-state index contributed by atoms with van der Waals surface area (Å²) >= 11 is 0. The van der Waals surface area contributed by atoms with Gasteiger partial charge in [-0.1, -0.05) is 26.7 Å². The van der Waals surface area contributed by atoms with Crippen LogP contribution in [-0.4, -0.2) is 42.3 Å². The van der Waals surface area contributed by atoms with Crippen molar-refractivity contribution in [1.82, 2.24) is 9.80 Å². The summed E-state index contributed by atoms with van der Waals surface area (Å²) < 4.78 is 0. The Bertz CT molecular complexity index is 524. The maximum atomic E-state index is 12.6. The molecule has 0 radical (unpaired) electrons. The molecule has 0 N–H and O–H groups in total. The molecule has 114 valence electrons. The number of unbranched alkanes of at least 4 members (excludes halogenated alkanes) is 1. The highest BCUT2D eigenvalue weighted by molar-refractivity contribution is 6.18. The molecule has 1 aliphatic heterocycles. The third-order valence-corrected chi connectivity index (χ3v) is 3.30. The zero-order valence-electron chi connectivity index (χ0n) is 13.3. The van der Waals surface area contributed by atoms with E-state index in [1.54, 1.807) is 11.1 Å². The maximum Gasteiger partial charge on any atom is 0.271 e. The van der Waals surface area contributed by atoms with E-state index in [-0.39, 0.29) is 11.5 Å². The molecule has 1 aliphatic rings. The van der Waals surface area contributed by atoms with Crippen LogP contribution in [0.4, 0.5) is 0 Å². The fraction of sp³-hybridized carbons (Fsp3) is 0.562. The molecule has 5 nitrogen and oxygen atoms in total. The number of carbonyl (C=O) groups is 2. The van der Waals surface area contributed by atoms with E-state index in [9.17, 15) is 14.9 Å². The maximum absolute atomic E-state index is 12.6. The Morgan fingerprint density at radius 2 is 1.86 bits per heavy atom. The molecule has 0 saturated heterocycles. The van der Waals surface area contributed by atoms with Gasteiger partial charge < -0.3 is 4.90 Å². The van der Waals surface area contributed by atoms with Crippen LogP contribution in [0.3, 0.4) is 0 Å². The highest BCUT2D eigenvalue weighted by Crippen LogP contribution is 2.29. The van der Waals surface area contributed by atoms with Crippen LogP contribution in [0.5, 0.6) is 0 Å². The summed E-state index contributed by atoms with van der Waals surface area (Å²) in [5, 5.41) is 9.33. The summed E-state index contributed by atoms with van der Waals surface area (Å²) in [7, 11) is 3.64. The Balaban J connectivity index is 3.37. The molecular weight excluding hydrogens is 266 g/mol. The van der Waals surface area contributed by atoms with Crippen molar-refractivity contribution in [2.24, 2.45) is 0 Å². The predicted octanol–water partition coefficient (Wildman–Crippen LogP) is 2.22. The van der Waals surface area contributed by atoms with Crippen molar-refractivity contribution >= 4 is 11.8 Å². The van der Waals surface area contributed by atoms with E-state index in [4.69, 9.17) is 0 Å². The van der Waals surface area contributed by atoms with Gasteiger partial charge in [0.2, 0.25) is 0 Å². The lowest BCUT2D eigenvalue weighted by Gasteiger charge is -2.29. The second-order valence-electron chi connectivity index (χ2n) is 5.34. The summed E-state index contributed by atoms with van der Waals surface area (Å²) in [4.78, 5) is 27.9. The molecule has 2 amide bonds. The van der Waals surface area contributed by atoms with E-state index in [2.05, 4.69) is 0 Å². The fourth-order valence-corrected chi connectivity index (χ4v) is 2.30. The minimum Gasteiger partial charge on any atom is -0.383 e. The topological polar surface area (TPSA) is 64.4 Å². The van der Waals surface area contributed by atoms with E-state index in [1.807, 2.05) is 34.0 Å². The minimum absolute atomic E-state index is 0.112. The number of nitrogens with zero attached hydrogens (tertiary/aromatic N) is 3. The number of nitriles is 1. The second-order valence-corrected chi connectivity index (χ2v) is 5.34. The van der Waals surface area contributed by atoms with Crippen molar-refractivity contribution in [2.45, 2.75) is 39.5 Å². The molecule has 0 unspecified atom stereocenters. The standard InChI is InChI=1S/C16H23N3O2/c1-5-7-9-19-15(20)13(10-17)12(8-6-2)14(16(19)21)11-18(3)4/h11H,5-9H2,1-4H3. The van der Waals surface area contributed by atoms with Crippen molar-refractivity contribution in [3.05, 3.63) is 22.9 Å². The van der Waals surface area contributed by atoms with Crippen LogP contribution < -0.4 is 0 Å². The van der Waals surface area contributed by atoms with E-state index in [1.165, 1.54) is 4.90 Å². The van der Waals surface area contributed by atoms with Gasteiger partial charge in [-0.05, 0) is 18.4 Å². The van der Waals surface area contributed by atoms with Gasteiger partial charge in [0.25, 0.3) is 11.8 Å². The molecule has 1 rings (SSSR count). The average molecular weight is 289 g/mol. The molecule has 5 heteroatoms. The minimum atomic E-state index is -0.449. The van der Waals surface area contributed by atoms with Gasteiger partial charge in [-0.3, -0.25) is 14.5 Å². The Morgan fingerprint density at radius 3 is 2.33 bits per heavy atom. The first-order valence-electron chi connectivity index (χ1n) is 7.35. The average Bonchev–Trinajstić information content (AvgIpc) is 2.43. The zero-order chi connectivity index (χ0) is 16.0. The van der Waals surface area contributed by atoms with Crippen LogP contribution in [0.25, 0.3) is 0 Å². The first-order valence-corrected chi connectivity index (χ1v) is 7.35. The number of hydrogen-bond donors (Lipinski definition) is 0. The van der Waals surface area contributed by atoms with Gasteiger partial charge in [-0.2, -0.15) is 5.26 Å². The van der Waals surface area contributed by atoms with Crippen LogP contribution in [0, 0.1) is 11.3 Å². The lowest BCUT2D eigenvalue weighted by atomic mass is 9.91. The fourth-order valence-electron chi connectivity index (χ4n) is 2.30. The third-order valence-electron chi connectivity index (χ3n) is 3.30. The van der Waals surface area contributed by atoms with Gasteiger partial charge in [0.15, 0.2) is 0 Å². The molecule has 0 spiro atoms. The number of amides is 2. The monoisotopic (exact) mass is 289 g/mol. The first kappa shape index (κ1) is 17.0. The third kappa shape index (κ3) is 3.72. The quantitative estimate of drug-likeness (QED) is 0.555. The van der Waals surface area contributed by atoms with Gasteiger partial charge in [0.05, 0.1) is 5.57 Å². The Kier molecular flexibility index (Phi) is 6.16. The molecule has 0 saturated carbocycles. The van der Waals surface area contributed by atoms with Gasteiger partial charge >= 0.3 is 0 Å². The number of carbonyl (C=O) groups excluding carboxylic acids is 2. The molecule has 0 bridgehead atoms. The van der Waals surface area contributed by atoms with Crippen molar-refractivity contribution in [1.29, 1.82) is 5.26 Å². The summed E-state index contributed by atoms with van der Waals surface area (Å²) in [6.45, 7) is 4.33. The summed E-state index contributed by atoms with van der Waals surface area (Å²) in [5.41, 5.74) is 1.16. The lowest BCUT2D eigenvalue weighted by molar-refractivity contribution is -0.140. The van der Waals surface area contributed by atoms with Crippen LogP contribution in [0.15, 0.2) is 22.9 Å². The van der Waals surface area contributed by atoms with Crippen molar-refractivity contribution in [3.8, 4) is 6.07 Å². The van der Waals surface area contributed by atoms with Crippen molar-refractivity contribution in [3.63, 3.8) is 0 Å². The largest absolute Gasteiger partial charge is 0.383 e. The normalized spacial score (nSPS) is 17.5. The second kappa shape index (κ2) is 7.63. The smallest absolute Gasteiger partial charge is 0.271 e. The van der Waals surface area contributed by atoms with E-state index < -0.39 is 5.91 Å². The molecule has 21 heavy (non-hydrogen) atoms. The van der Waals surface area contributed by atoms with Gasteiger partial charge in [0.1, 0.15) is 11.6 Å². The lowest BCUT2D eigenvalue weighted by Crippen LogP contribution is -2.43. The number of hydrogen-bond acceptors (Lipinski definition) is 4. The summed E-state index contributed by atoms with van der Waals surface area (Å²) in [6, 6.07) is 2.00.